The zero-order valence-electron chi connectivity index (χ0n) is 12.5. The molecule has 4 atom stereocenters. The molecule has 2 heterocycles. The molecule has 3 nitrogen and oxygen atoms in total. The number of alkyl halides is 1. The minimum Gasteiger partial charge on any atom is -0.475 e. The first kappa shape index (κ1) is 15.2. The number of aliphatic imine (C=N–C) groups is 1. The van der Waals surface area contributed by atoms with Gasteiger partial charge in [-0.25, -0.2) is 13.8 Å². The smallest absolute Gasteiger partial charge is 0.181 e. The van der Waals surface area contributed by atoms with E-state index in [0.717, 1.165) is 0 Å². The second-order valence-corrected chi connectivity index (χ2v) is 5.75. The van der Waals surface area contributed by atoms with Crippen LogP contribution in [0.15, 0.2) is 41.9 Å². The fraction of sp³-hybridized carbons (Fsp3) is 0.471. The molecule has 1 aromatic rings. The Kier molecular flexibility index (Phi) is 4.00. The molecule has 22 heavy (non-hydrogen) atoms. The van der Waals surface area contributed by atoms with Gasteiger partial charge < -0.3 is 9.47 Å². The normalized spacial score (nSPS) is 33.8. The van der Waals surface area contributed by atoms with E-state index in [0.29, 0.717) is 18.9 Å². The zero-order valence-corrected chi connectivity index (χ0v) is 12.5. The van der Waals surface area contributed by atoms with E-state index in [1.54, 1.807) is 31.2 Å². The van der Waals surface area contributed by atoms with E-state index >= 15 is 0 Å². The first-order chi connectivity index (χ1) is 10.6. The standard InChI is InChI=1S/C17H19F2NO2/c1-3-6-14-16-15(9-21-14)22-11(2)20-17(16,10-18)12-7-4-5-8-13(12)19/h3-5,7-8,14-16H,1,6,9-10H2,2H3/t14-,15+,16-,17+/m0/s1. The van der Waals surface area contributed by atoms with Gasteiger partial charge in [-0.15, -0.1) is 6.58 Å². The Morgan fingerprint density at radius 2 is 2.23 bits per heavy atom. The number of benzene rings is 1. The number of rotatable bonds is 4. The monoisotopic (exact) mass is 307 g/mol. The van der Waals surface area contributed by atoms with E-state index in [4.69, 9.17) is 9.47 Å². The van der Waals surface area contributed by atoms with Gasteiger partial charge in [-0.3, -0.25) is 0 Å². The highest BCUT2D eigenvalue weighted by Gasteiger charge is 2.56. The van der Waals surface area contributed by atoms with E-state index < -0.39 is 18.0 Å². The average Bonchev–Trinajstić information content (AvgIpc) is 2.90. The second kappa shape index (κ2) is 5.80. The van der Waals surface area contributed by atoms with Gasteiger partial charge in [0.25, 0.3) is 0 Å². The molecule has 0 N–H and O–H groups in total. The van der Waals surface area contributed by atoms with Crippen molar-refractivity contribution in [3.05, 3.63) is 48.3 Å². The molecule has 0 unspecified atom stereocenters. The highest BCUT2D eigenvalue weighted by atomic mass is 19.1. The molecule has 0 radical (unpaired) electrons. The van der Waals surface area contributed by atoms with E-state index in [9.17, 15) is 8.78 Å². The molecule has 2 aliphatic heterocycles. The fourth-order valence-electron chi connectivity index (χ4n) is 3.61. The molecule has 0 aliphatic carbocycles. The number of halogens is 2. The van der Waals surface area contributed by atoms with Crippen molar-refractivity contribution in [2.24, 2.45) is 10.9 Å². The summed E-state index contributed by atoms with van der Waals surface area (Å²) in [5.41, 5.74) is -1.04. The third-order valence-corrected chi connectivity index (χ3v) is 4.45. The first-order valence-corrected chi connectivity index (χ1v) is 7.39. The van der Waals surface area contributed by atoms with E-state index in [1.165, 1.54) is 6.07 Å². The minimum atomic E-state index is -1.30. The van der Waals surface area contributed by atoms with Crippen molar-refractivity contribution in [2.45, 2.75) is 31.1 Å². The molecule has 0 aromatic heterocycles. The Bertz CT molecular complexity index is 604. The van der Waals surface area contributed by atoms with Crippen LogP contribution in [0.1, 0.15) is 18.9 Å². The quantitative estimate of drug-likeness (QED) is 0.798. The third-order valence-electron chi connectivity index (χ3n) is 4.45. The zero-order chi connectivity index (χ0) is 15.7. The molecule has 0 bridgehead atoms. The Labute approximate surface area is 128 Å². The summed E-state index contributed by atoms with van der Waals surface area (Å²) < 4.78 is 40.0. The number of nitrogens with zero attached hydrogens (tertiary/aromatic N) is 1. The van der Waals surface area contributed by atoms with Gasteiger partial charge >= 0.3 is 0 Å². The Morgan fingerprint density at radius 3 is 2.91 bits per heavy atom. The molecular formula is C17H19F2NO2. The summed E-state index contributed by atoms with van der Waals surface area (Å²) in [6.07, 6.45) is 1.67. The van der Waals surface area contributed by atoms with E-state index in [2.05, 4.69) is 11.6 Å². The maximum Gasteiger partial charge on any atom is 0.181 e. The van der Waals surface area contributed by atoms with Crippen LogP contribution in [0, 0.1) is 11.7 Å². The van der Waals surface area contributed by atoms with Crippen molar-refractivity contribution in [2.75, 3.05) is 13.3 Å². The predicted octanol–water partition coefficient (Wildman–Crippen LogP) is 3.40. The lowest BCUT2D eigenvalue weighted by Gasteiger charge is -2.42. The van der Waals surface area contributed by atoms with Crippen molar-refractivity contribution in [1.82, 2.24) is 0 Å². The van der Waals surface area contributed by atoms with Crippen LogP contribution < -0.4 is 0 Å². The molecule has 118 valence electrons. The molecule has 2 aliphatic rings. The third kappa shape index (κ3) is 2.24. The van der Waals surface area contributed by atoms with Crippen LogP contribution in [0.3, 0.4) is 0 Å². The summed E-state index contributed by atoms with van der Waals surface area (Å²) in [5.74, 6) is -0.470. The van der Waals surface area contributed by atoms with Crippen LogP contribution in [0.2, 0.25) is 0 Å². The van der Waals surface area contributed by atoms with Gasteiger partial charge in [-0.1, -0.05) is 24.3 Å². The van der Waals surface area contributed by atoms with Gasteiger partial charge in [0.1, 0.15) is 24.1 Å². The number of fused-ring (bicyclic) bond motifs is 1. The largest absolute Gasteiger partial charge is 0.475 e. The number of hydrogen-bond donors (Lipinski definition) is 0. The lowest BCUT2D eigenvalue weighted by Crippen LogP contribution is -2.50. The first-order valence-electron chi connectivity index (χ1n) is 7.39. The van der Waals surface area contributed by atoms with Crippen LogP contribution in [-0.2, 0) is 15.0 Å². The van der Waals surface area contributed by atoms with Crippen LogP contribution in [-0.4, -0.2) is 31.4 Å². The SMILES string of the molecule is C=CC[C@@H]1OC[C@H]2OC(C)=N[C@](CF)(c3ccccc3F)[C@@H]12. The predicted molar refractivity (Wildman–Crippen MR) is 80.1 cm³/mol. The highest BCUT2D eigenvalue weighted by molar-refractivity contribution is 5.75. The average molecular weight is 307 g/mol. The van der Waals surface area contributed by atoms with Crippen LogP contribution >= 0.6 is 0 Å². The molecule has 5 heteroatoms. The summed E-state index contributed by atoms with van der Waals surface area (Å²) in [6, 6.07) is 6.21. The summed E-state index contributed by atoms with van der Waals surface area (Å²) >= 11 is 0. The molecule has 1 aromatic carbocycles. The summed E-state index contributed by atoms with van der Waals surface area (Å²) in [7, 11) is 0. The molecule has 1 fully saturated rings. The van der Waals surface area contributed by atoms with Crippen LogP contribution in [0.4, 0.5) is 8.78 Å². The number of ether oxygens (including phenoxy) is 2. The van der Waals surface area contributed by atoms with Gasteiger partial charge in [-0.2, -0.15) is 0 Å². The van der Waals surface area contributed by atoms with Gasteiger partial charge in [0, 0.05) is 12.5 Å². The van der Waals surface area contributed by atoms with Gasteiger partial charge in [0.15, 0.2) is 5.90 Å². The molecule has 0 spiro atoms. The summed E-state index contributed by atoms with van der Waals surface area (Å²) in [5, 5.41) is 0. The highest BCUT2D eigenvalue weighted by Crippen LogP contribution is 2.47. The maximum absolute atomic E-state index is 14.4. The molecule has 0 amide bonds. The molecule has 0 saturated carbocycles. The van der Waals surface area contributed by atoms with E-state index in [1.807, 2.05) is 0 Å². The van der Waals surface area contributed by atoms with E-state index in [-0.39, 0.29) is 23.7 Å². The minimum absolute atomic E-state index is 0.259. The Balaban J connectivity index is 2.15. The fourth-order valence-corrected chi connectivity index (χ4v) is 3.61. The van der Waals surface area contributed by atoms with Gasteiger partial charge in [-0.05, 0) is 12.5 Å². The summed E-state index contributed by atoms with van der Waals surface area (Å²) in [4.78, 5) is 4.40. The maximum atomic E-state index is 14.4. The second-order valence-electron chi connectivity index (χ2n) is 5.75. The van der Waals surface area contributed by atoms with Crippen molar-refractivity contribution in [3.8, 4) is 0 Å². The van der Waals surface area contributed by atoms with Crippen molar-refractivity contribution >= 4 is 5.90 Å². The van der Waals surface area contributed by atoms with Crippen molar-refractivity contribution in [1.29, 1.82) is 0 Å². The van der Waals surface area contributed by atoms with Gasteiger partial charge in [0.2, 0.25) is 0 Å². The molecule has 1 saturated heterocycles. The number of hydrogen-bond acceptors (Lipinski definition) is 3. The Morgan fingerprint density at radius 1 is 1.45 bits per heavy atom. The Hall–Kier alpha value is -1.75. The van der Waals surface area contributed by atoms with Crippen LogP contribution in [0.25, 0.3) is 0 Å². The van der Waals surface area contributed by atoms with Crippen molar-refractivity contribution < 1.29 is 18.3 Å². The summed E-state index contributed by atoms with van der Waals surface area (Å²) in [6.45, 7) is 4.94. The van der Waals surface area contributed by atoms with Crippen LogP contribution in [0.5, 0.6) is 0 Å². The van der Waals surface area contributed by atoms with Crippen molar-refractivity contribution in [3.63, 3.8) is 0 Å². The molecule has 3 rings (SSSR count). The van der Waals surface area contributed by atoms with Gasteiger partial charge in [0.05, 0.1) is 18.6 Å². The lowest BCUT2D eigenvalue weighted by atomic mass is 9.73. The lowest BCUT2D eigenvalue weighted by molar-refractivity contribution is 0.0374. The molecular weight excluding hydrogens is 288 g/mol. The topological polar surface area (TPSA) is 30.8 Å².